The maximum atomic E-state index is 12.6. The average molecular weight is 572 g/mol. The minimum Gasteiger partial charge on any atom is -0.495 e. The van der Waals surface area contributed by atoms with Gasteiger partial charge in [-0.05, 0) is 30.0 Å². The summed E-state index contributed by atoms with van der Waals surface area (Å²) in [6.07, 6.45) is 0. The number of ether oxygens (including phenoxy) is 2. The topological polar surface area (TPSA) is 133 Å². The predicted octanol–water partition coefficient (Wildman–Crippen LogP) is 3.67. The van der Waals surface area contributed by atoms with Crippen molar-refractivity contribution in [2.75, 3.05) is 30.5 Å². The van der Waals surface area contributed by atoms with Crippen molar-refractivity contribution in [3.8, 4) is 17.2 Å². The number of para-hydroxylation sites is 3. The number of hydrogen-bond acceptors (Lipinski definition) is 11. The Morgan fingerprint density at radius 2 is 1.76 bits per heavy atom. The van der Waals surface area contributed by atoms with Gasteiger partial charge in [-0.15, -0.1) is 20.4 Å². The van der Waals surface area contributed by atoms with Crippen molar-refractivity contribution < 1.29 is 19.1 Å². The quantitative estimate of drug-likeness (QED) is 0.181. The van der Waals surface area contributed by atoms with Gasteiger partial charge in [0.2, 0.25) is 11.0 Å². The van der Waals surface area contributed by atoms with E-state index in [0.717, 1.165) is 10.1 Å². The SMILES string of the molecule is CCSc1nnc(NC(=O)CSc2nnc(CNC(=O)COc3ccccc3)n2-c2ccccc2OC)s1. The monoisotopic (exact) mass is 571 g/mol. The smallest absolute Gasteiger partial charge is 0.258 e. The number of nitrogens with zero attached hydrogens (tertiary/aromatic N) is 5. The zero-order valence-electron chi connectivity index (χ0n) is 20.6. The molecule has 198 valence electrons. The largest absolute Gasteiger partial charge is 0.495 e. The van der Waals surface area contributed by atoms with Crippen LogP contribution in [0.4, 0.5) is 5.13 Å². The molecule has 0 aliphatic rings. The second-order valence-electron chi connectivity index (χ2n) is 7.43. The molecule has 2 aromatic carbocycles. The number of nitrogens with one attached hydrogen (secondary N) is 2. The molecule has 0 saturated heterocycles. The van der Waals surface area contributed by atoms with E-state index in [1.807, 2.05) is 49.4 Å². The molecule has 0 unspecified atom stereocenters. The van der Waals surface area contributed by atoms with E-state index in [-0.39, 0.29) is 30.7 Å². The number of anilines is 1. The van der Waals surface area contributed by atoms with Crippen molar-refractivity contribution in [2.24, 2.45) is 0 Å². The van der Waals surface area contributed by atoms with Gasteiger partial charge in [0.25, 0.3) is 5.91 Å². The summed E-state index contributed by atoms with van der Waals surface area (Å²) < 4.78 is 13.6. The molecule has 2 N–H and O–H groups in total. The summed E-state index contributed by atoms with van der Waals surface area (Å²) in [5, 5.41) is 23.1. The normalized spacial score (nSPS) is 10.7. The Bertz CT molecular complexity index is 1360. The van der Waals surface area contributed by atoms with E-state index < -0.39 is 0 Å². The van der Waals surface area contributed by atoms with E-state index in [2.05, 4.69) is 31.0 Å². The molecule has 0 atom stereocenters. The molecule has 0 radical (unpaired) electrons. The Labute approximate surface area is 231 Å². The van der Waals surface area contributed by atoms with Gasteiger partial charge in [-0.2, -0.15) is 0 Å². The fourth-order valence-corrected chi connectivity index (χ4v) is 5.62. The van der Waals surface area contributed by atoms with E-state index in [1.165, 1.54) is 23.1 Å². The number of hydrogen-bond donors (Lipinski definition) is 2. The van der Waals surface area contributed by atoms with Gasteiger partial charge in [-0.3, -0.25) is 19.5 Å². The van der Waals surface area contributed by atoms with Gasteiger partial charge in [0, 0.05) is 0 Å². The number of amides is 2. The summed E-state index contributed by atoms with van der Waals surface area (Å²) in [6, 6.07) is 16.5. The number of methoxy groups -OCH3 is 1. The van der Waals surface area contributed by atoms with E-state index in [4.69, 9.17) is 9.47 Å². The number of benzene rings is 2. The van der Waals surface area contributed by atoms with Gasteiger partial charge in [0.05, 0.1) is 25.1 Å². The molecular weight excluding hydrogens is 547 g/mol. The molecule has 0 aliphatic carbocycles. The summed E-state index contributed by atoms with van der Waals surface area (Å²) in [4.78, 5) is 25.0. The average Bonchev–Trinajstić information content (AvgIpc) is 3.56. The minimum absolute atomic E-state index is 0.0698. The first kappa shape index (κ1) is 27.4. The highest BCUT2D eigenvalue weighted by Gasteiger charge is 2.19. The summed E-state index contributed by atoms with van der Waals surface area (Å²) in [7, 11) is 1.57. The van der Waals surface area contributed by atoms with E-state index in [1.54, 1.807) is 35.6 Å². The molecule has 4 aromatic rings. The zero-order valence-corrected chi connectivity index (χ0v) is 23.1. The number of aromatic nitrogens is 5. The molecule has 0 fully saturated rings. The van der Waals surface area contributed by atoms with Crippen LogP contribution in [0.25, 0.3) is 5.69 Å². The van der Waals surface area contributed by atoms with Gasteiger partial charge in [-0.1, -0.05) is 72.1 Å². The lowest BCUT2D eigenvalue weighted by atomic mass is 10.3. The highest BCUT2D eigenvalue weighted by Crippen LogP contribution is 2.29. The van der Waals surface area contributed by atoms with Crippen LogP contribution in [0.5, 0.6) is 11.5 Å². The molecule has 2 amide bonds. The lowest BCUT2D eigenvalue weighted by Crippen LogP contribution is -2.29. The van der Waals surface area contributed by atoms with Gasteiger partial charge < -0.3 is 14.8 Å². The van der Waals surface area contributed by atoms with Crippen LogP contribution < -0.4 is 20.1 Å². The first-order valence-corrected chi connectivity index (χ1v) is 14.3. The lowest BCUT2D eigenvalue weighted by molar-refractivity contribution is -0.123. The van der Waals surface area contributed by atoms with Crippen LogP contribution in [0.3, 0.4) is 0 Å². The van der Waals surface area contributed by atoms with Crippen molar-refractivity contribution in [1.29, 1.82) is 0 Å². The Kier molecular flexibility index (Phi) is 9.95. The Balaban J connectivity index is 1.44. The third-order valence-electron chi connectivity index (χ3n) is 4.84. The number of thioether (sulfide) groups is 2. The highest BCUT2D eigenvalue weighted by atomic mass is 32.2. The molecule has 0 spiro atoms. The number of carbonyl (C=O) groups is 2. The van der Waals surface area contributed by atoms with Crippen LogP contribution in [-0.2, 0) is 16.1 Å². The Hall–Kier alpha value is -3.62. The van der Waals surface area contributed by atoms with E-state index in [9.17, 15) is 9.59 Å². The predicted molar refractivity (Wildman–Crippen MR) is 147 cm³/mol. The minimum atomic E-state index is -0.310. The van der Waals surface area contributed by atoms with Crippen molar-refractivity contribution in [2.45, 2.75) is 23.0 Å². The van der Waals surface area contributed by atoms with Crippen LogP contribution in [0, 0.1) is 0 Å². The third kappa shape index (κ3) is 7.46. The van der Waals surface area contributed by atoms with Crippen molar-refractivity contribution in [3.05, 3.63) is 60.4 Å². The maximum Gasteiger partial charge on any atom is 0.258 e. The summed E-state index contributed by atoms with van der Waals surface area (Å²) >= 11 is 4.10. The second kappa shape index (κ2) is 13.8. The van der Waals surface area contributed by atoms with Crippen LogP contribution in [0.2, 0.25) is 0 Å². The van der Waals surface area contributed by atoms with Crippen molar-refractivity contribution in [1.82, 2.24) is 30.3 Å². The molecule has 11 nitrogen and oxygen atoms in total. The van der Waals surface area contributed by atoms with Gasteiger partial charge in [0.15, 0.2) is 21.9 Å². The maximum absolute atomic E-state index is 12.6. The summed E-state index contributed by atoms with van der Waals surface area (Å²) in [5.41, 5.74) is 0.679. The van der Waals surface area contributed by atoms with Crippen LogP contribution in [0.15, 0.2) is 64.1 Å². The molecule has 14 heteroatoms. The fraction of sp³-hybridized carbons (Fsp3) is 0.250. The van der Waals surface area contributed by atoms with Crippen molar-refractivity contribution >= 4 is 51.8 Å². The summed E-state index contributed by atoms with van der Waals surface area (Å²) in [6.45, 7) is 1.98. The number of carbonyl (C=O) groups excluding carboxylic acids is 2. The van der Waals surface area contributed by atoms with Gasteiger partial charge in [0.1, 0.15) is 11.5 Å². The van der Waals surface area contributed by atoms with Crippen molar-refractivity contribution in [3.63, 3.8) is 0 Å². The number of rotatable bonds is 13. The molecule has 0 aliphatic heterocycles. The molecule has 0 saturated carbocycles. The van der Waals surface area contributed by atoms with E-state index in [0.29, 0.717) is 33.3 Å². The fourth-order valence-electron chi connectivity index (χ4n) is 3.19. The first-order chi connectivity index (χ1) is 18.6. The molecule has 2 aromatic heterocycles. The van der Waals surface area contributed by atoms with Gasteiger partial charge in [-0.25, -0.2) is 0 Å². The Morgan fingerprint density at radius 1 is 0.974 bits per heavy atom. The molecule has 4 rings (SSSR count). The summed E-state index contributed by atoms with van der Waals surface area (Å²) in [5.74, 6) is 2.05. The molecular formula is C24H25N7O4S3. The second-order valence-corrected chi connectivity index (χ2v) is 10.9. The Morgan fingerprint density at radius 3 is 2.55 bits per heavy atom. The third-order valence-corrected chi connectivity index (χ3v) is 7.62. The lowest BCUT2D eigenvalue weighted by Gasteiger charge is -2.14. The molecule has 38 heavy (non-hydrogen) atoms. The zero-order chi connectivity index (χ0) is 26.7. The van der Waals surface area contributed by atoms with Crippen LogP contribution in [0.1, 0.15) is 12.7 Å². The van der Waals surface area contributed by atoms with Crippen LogP contribution >= 0.6 is 34.9 Å². The standard InChI is InChI=1S/C24H25N7O4S3/c1-3-36-24-30-28-22(38-24)26-21(33)15-37-23-29-27-19(31(23)17-11-7-8-12-18(17)34-2)13-25-20(32)14-35-16-9-5-4-6-10-16/h4-12H,3,13-15H2,1-2H3,(H,25,32)(H,26,28,33). The first-order valence-electron chi connectivity index (χ1n) is 11.5. The molecule has 0 bridgehead atoms. The van der Waals surface area contributed by atoms with Gasteiger partial charge >= 0.3 is 0 Å². The van der Waals surface area contributed by atoms with E-state index >= 15 is 0 Å². The highest BCUT2D eigenvalue weighted by molar-refractivity contribution is 8.01. The van der Waals surface area contributed by atoms with Crippen LogP contribution in [-0.4, -0.2) is 62.0 Å². The molecule has 2 heterocycles.